The third-order valence-electron chi connectivity index (χ3n) is 10.2. The molecule has 8 nitrogen and oxygen atoms in total. The van der Waals surface area contributed by atoms with Gasteiger partial charge < -0.3 is 20.1 Å². The highest BCUT2D eigenvalue weighted by Gasteiger charge is 2.57. The zero-order valence-corrected chi connectivity index (χ0v) is 26.7. The van der Waals surface area contributed by atoms with Gasteiger partial charge in [-0.25, -0.2) is 13.2 Å². The Balaban J connectivity index is 1.35. The summed E-state index contributed by atoms with van der Waals surface area (Å²) < 4.78 is 130. The number of hydrogen-bond donors (Lipinski definition) is 1. The Hall–Kier alpha value is -4.27. The maximum absolute atomic E-state index is 17.0. The van der Waals surface area contributed by atoms with Gasteiger partial charge in [0.25, 0.3) is 6.08 Å². The highest BCUT2D eigenvalue weighted by atomic mass is 32.1. The number of fused-ring (bicyclic) bond motifs is 4. The first kappa shape index (κ1) is 32.9. The summed E-state index contributed by atoms with van der Waals surface area (Å²) in [4.78, 5) is 11.9. The average molecular weight is 723 g/mol. The summed E-state index contributed by atoms with van der Waals surface area (Å²) >= 11 is 0.643. The molecule has 2 aromatic heterocycles. The Labute approximate surface area is 282 Å². The summed E-state index contributed by atoms with van der Waals surface area (Å²) in [6.07, 6.45) is -7.09. The molecular weight excluding hydrogens is 696 g/mol. The van der Waals surface area contributed by atoms with Crippen LogP contribution in [0.4, 0.5) is 45.9 Å². The van der Waals surface area contributed by atoms with Gasteiger partial charge in [-0.3, -0.25) is 4.90 Å². The Kier molecular flexibility index (Phi) is 7.66. The minimum atomic E-state index is -5.18. The zero-order chi connectivity index (χ0) is 35.3. The molecule has 0 bridgehead atoms. The van der Waals surface area contributed by atoms with E-state index in [-0.39, 0.29) is 76.8 Å². The molecule has 1 saturated carbocycles. The van der Waals surface area contributed by atoms with E-state index in [0.717, 1.165) is 12.1 Å². The molecule has 0 radical (unpaired) electrons. The molecule has 3 saturated heterocycles. The lowest BCUT2D eigenvalue weighted by molar-refractivity contribution is -0.137. The lowest BCUT2D eigenvalue weighted by atomic mass is 9.92. The number of ether oxygens (including phenoxy) is 2. The predicted octanol–water partition coefficient (Wildman–Crippen LogP) is 7.20. The van der Waals surface area contributed by atoms with Crippen molar-refractivity contribution in [1.82, 2.24) is 14.9 Å². The number of nitrogens with two attached hydrogens (primary N) is 1. The molecule has 4 aromatic rings. The summed E-state index contributed by atoms with van der Waals surface area (Å²) in [7, 11) is 0. The normalized spacial score (nSPS) is 25.1. The van der Waals surface area contributed by atoms with Gasteiger partial charge >= 0.3 is 12.2 Å². The van der Waals surface area contributed by atoms with Crippen molar-refractivity contribution in [3.63, 3.8) is 0 Å². The van der Waals surface area contributed by atoms with Gasteiger partial charge in [0.2, 0.25) is 0 Å². The minimum absolute atomic E-state index is 0.0117. The zero-order valence-electron chi connectivity index (χ0n) is 25.9. The number of halogens is 8. The number of hydrogen-bond acceptors (Lipinski definition) is 9. The molecular formula is C33H26F8N6O2S. The summed E-state index contributed by atoms with van der Waals surface area (Å²) in [5.74, 6) is -3.14. The predicted molar refractivity (Wildman–Crippen MR) is 168 cm³/mol. The Bertz CT molecular complexity index is 2150. The van der Waals surface area contributed by atoms with E-state index in [0.29, 0.717) is 36.8 Å². The maximum Gasteiger partial charge on any atom is 0.417 e. The largest absolute Gasteiger partial charge is 0.461 e. The van der Waals surface area contributed by atoms with E-state index in [9.17, 15) is 36.0 Å². The number of thiophene rings is 1. The monoisotopic (exact) mass is 722 g/mol. The first-order chi connectivity index (χ1) is 23.8. The van der Waals surface area contributed by atoms with Crippen molar-refractivity contribution in [2.45, 2.75) is 43.2 Å². The van der Waals surface area contributed by atoms with Crippen molar-refractivity contribution in [1.29, 1.82) is 5.26 Å². The number of rotatable bonds is 5. The van der Waals surface area contributed by atoms with E-state index in [2.05, 4.69) is 9.97 Å². The minimum Gasteiger partial charge on any atom is -0.461 e. The van der Waals surface area contributed by atoms with Gasteiger partial charge in [0.1, 0.15) is 41.0 Å². The first-order valence-electron chi connectivity index (χ1n) is 15.7. The highest BCUT2D eigenvalue weighted by Crippen LogP contribution is 2.50. The van der Waals surface area contributed by atoms with Crippen LogP contribution < -0.4 is 15.4 Å². The Morgan fingerprint density at radius 3 is 2.74 bits per heavy atom. The molecule has 0 amide bonds. The van der Waals surface area contributed by atoms with Crippen LogP contribution in [0, 0.1) is 28.9 Å². The third-order valence-corrected chi connectivity index (χ3v) is 11.3. The van der Waals surface area contributed by atoms with Crippen molar-refractivity contribution in [3.05, 3.63) is 52.6 Å². The summed E-state index contributed by atoms with van der Waals surface area (Å²) in [6, 6.07) is 2.99. The second-order valence-corrected chi connectivity index (χ2v) is 14.1. The quantitative estimate of drug-likeness (QED) is 0.216. The SMILES string of the molecule is N#Cc1c(N)sc2c(F)ccc(-c3c(C(F)(F)F)cc4c(N5CCOC[C@H]6[C@H](F)[C@H]65)nc(OC[C@@]56CCCN5CC(=C(F)F)C6)nc4c3F)c12. The molecule has 262 valence electrons. The number of alkyl halides is 4. The number of benzene rings is 2. The van der Waals surface area contributed by atoms with Crippen LogP contribution in [0.25, 0.3) is 32.1 Å². The van der Waals surface area contributed by atoms with Crippen LogP contribution in [0.1, 0.15) is 30.4 Å². The van der Waals surface area contributed by atoms with Crippen LogP contribution in [0.15, 0.2) is 29.9 Å². The maximum atomic E-state index is 17.0. The van der Waals surface area contributed by atoms with Crippen LogP contribution in [-0.2, 0) is 10.9 Å². The van der Waals surface area contributed by atoms with E-state index in [1.807, 2.05) is 4.90 Å². The van der Waals surface area contributed by atoms with Crippen molar-refractivity contribution in [3.8, 4) is 23.2 Å². The molecule has 17 heteroatoms. The van der Waals surface area contributed by atoms with Crippen molar-refractivity contribution in [2.24, 2.45) is 5.92 Å². The molecule has 2 aromatic carbocycles. The second-order valence-electron chi connectivity index (χ2n) is 13.0. The third kappa shape index (κ3) is 5.05. The van der Waals surface area contributed by atoms with E-state index in [1.165, 1.54) is 4.90 Å². The Morgan fingerprint density at radius 1 is 1.20 bits per heavy atom. The van der Waals surface area contributed by atoms with Crippen LogP contribution in [0.5, 0.6) is 6.01 Å². The van der Waals surface area contributed by atoms with Gasteiger partial charge in [-0.15, -0.1) is 11.3 Å². The van der Waals surface area contributed by atoms with E-state index < -0.39 is 75.8 Å². The van der Waals surface area contributed by atoms with Crippen molar-refractivity contribution >= 4 is 43.1 Å². The second kappa shape index (κ2) is 11.6. The number of anilines is 2. The summed E-state index contributed by atoms with van der Waals surface area (Å²) in [5.41, 5.74) is 1.25. The standard InChI is InChI=1S/C33H26F8N6O2S/c34-20-3-2-15(21-17(10-42)29(43)50-27(20)21)22-19(33(39,40)41)8-16-25(24(22)36)44-31(45-30(16)47-6-7-48-12-18-23(35)26(18)47)49-13-32-4-1-5-46(32)11-14(9-32)28(37)38/h2-3,8,18,23,26H,1,4-7,9,11-13,43H2/t18-,23-,26-,32-/m0/s1. The number of nitrogen functional groups attached to an aromatic ring is 1. The average Bonchev–Trinajstić information content (AvgIpc) is 3.28. The summed E-state index contributed by atoms with van der Waals surface area (Å²) in [6.45, 7) is 0.583. The molecule has 50 heavy (non-hydrogen) atoms. The molecule has 2 N–H and O–H groups in total. The topological polar surface area (TPSA) is 101 Å². The molecule has 0 spiro atoms. The van der Waals surface area contributed by atoms with Gasteiger partial charge in [0.05, 0.1) is 40.6 Å². The molecule has 1 aliphatic carbocycles. The number of nitriles is 1. The lowest BCUT2D eigenvalue weighted by Gasteiger charge is -2.31. The molecule has 5 heterocycles. The molecule has 0 unspecified atom stereocenters. The number of aromatic nitrogens is 2. The highest BCUT2D eigenvalue weighted by molar-refractivity contribution is 7.23. The van der Waals surface area contributed by atoms with Gasteiger partial charge in [0.15, 0.2) is 5.82 Å². The first-order valence-corrected chi connectivity index (χ1v) is 16.6. The fourth-order valence-corrected chi connectivity index (χ4v) is 8.77. The molecule has 8 rings (SSSR count). The van der Waals surface area contributed by atoms with Crippen molar-refractivity contribution in [2.75, 3.05) is 50.1 Å². The van der Waals surface area contributed by atoms with E-state index in [4.69, 9.17) is 15.2 Å². The molecule has 4 fully saturated rings. The van der Waals surface area contributed by atoms with Gasteiger partial charge in [-0.2, -0.15) is 37.2 Å². The van der Waals surface area contributed by atoms with Crippen LogP contribution in [0.3, 0.4) is 0 Å². The smallest absolute Gasteiger partial charge is 0.417 e. The number of nitrogens with zero attached hydrogens (tertiary/aromatic N) is 5. The van der Waals surface area contributed by atoms with E-state index >= 15 is 4.39 Å². The molecule has 3 aliphatic heterocycles. The molecule has 4 atom stereocenters. The fraction of sp³-hybridized carbons (Fsp3) is 0.424. The Morgan fingerprint density at radius 2 is 2.00 bits per heavy atom. The van der Waals surface area contributed by atoms with Crippen LogP contribution >= 0.6 is 11.3 Å². The lowest BCUT2D eigenvalue weighted by Crippen LogP contribution is -2.43. The van der Waals surface area contributed by atoms with Crippen molar-refractivity contribution < 1.29 is 44.6 Å². The van der Waals surface area contributed by atoms with Gasteiger partial charge in [-0.05, 0) is 43.5 Å². The molecule has 4 aliphatic rings. The van der Waals surface area contributed by atoms with E-state index in [1.54, 1.807) is 6.07 Å². The fourth-order valence-electron chi connectivity index (χ4n) is 7.82. The van der Waals surface area contributed by atoms with Crippen LogP contribution in [-0.4, -0.2) is 72.1 Å². The van der Waals surface area contributed by atoms with Gasteiger partial charge in [-0.1, -0.05) is 6.07 Å². The van der Waals surface area contributed by atoms with Gasteiger partial charge in [0, 0.05) is 40.9 Å². The van der Waals surface area contributed by atoms with Crippen LogP contribution in [0.2, 0.25) is 0 Å². The summed E-state index contributed by atoms with van der Waals surface area (Å²) in [5, 5.41) is 8.95.